The summed E-state index contributed by atoms with van der Waals surface area (Å²) in [7, 11) is 0. The fourth-order valence-electron chi connectivity index (χ4n) is 7.91. The highest BCUT2D eigenvalue weighted by Gasteiger charge is 2.47. The predicted molar refractivity (Wildman–Crippen MR) is 220 cm³/mol. The van der Waals surface area contributed by atoms with Crippen molar-refractivity contribution in [3.8, 4) is 23.3 Å². The summed E-state index contributed by atoms with van der Waals surface area (Å²) in [5.74, 6) is 2.23. The van der Waals surface area contributed by atoms with Crippen molar-refractivity contribution >= 4 is 56.6 Å². The number of pyridine rings is 3. The van der Waals surface area contributed by atoms with E-state index in [0.717, 1.165) is 44.3 Å². The van der Waals surface area contributed by atoms with E-state index >= 15 is 0 Å². The van der Waals surface area contributed by atoms with E-state index in [-0.39, 0.29) is 24.2 Å². The number of anilines is 1. The Balaban J connectivity index is 0.000000169. The number of nitrogens with zero attached hydrogens (tertiary/aromatic N) is 5. The summed E-state index contributed by atoms with van der Waals surface area (Å²) >= 11 is 9.37. The lowest BCUT2D eigenvalue weighted by atomic mass is 9.77. The highest BCUT2D eigenvalue weighted by atomic mass is 79.9. The molecule has 2 aromatic carbocycles. The molecule has 0 radical (unpaired) electrons. The molecule has 5 aromatic rings. The van der Waals surface area contributed by atoms with Gasteiger partial charge in [-0.2, -0.15) is 0 Å². The maximum absolute atomic E-state index is 12.9. The molecule has 58 heavy (non-hydrogen) atoms. The molecule has 3 aromatic heterocycles. The zero-order valence-corrected chi connectivity index (χ0v) is 33.3. The minimum absolute atomic E-state index is 0.108. The van der Waals surface area contributed by atoms with Crippen molar-refractivity contribution in [3.05, 3.63) is 134 Å². The van der Waals surface area contributed by atoms with Gasteiger partial charge in [0, 0.05) is 70.3 Å². The second-order valence-corrected chi connectivity index (χ2v) is 15.6. The number of fused-ring (bicyclic) bond motifs is 8. The molecule has 0 amide bonds. The summed E-state index contributed by atoms with van der Waals surface area (Å²) in [4.78, 5) is 35.5. The Morgan fingerprint density at radius 2 is 1.41 bits per heavy atom. The van der Waals surface area contributed by atoms with Gasteiger partial charge in [-0.05, 0) is 93.6 Å². The summed E-state index contributed by atoms with van der Waals surface area (Å²) < 4.78 is 29.3. The summed E-state index contributed by atoms with van der Waals surface area (Å²) in [5.41, 5.74) is 23.8. The number of hydrogen-bond acceptors (Lipinski definition) is 14. The third-order valence-corrected chi connectivity index (χ3v) is 11.3. The highest BCUT2D eigenvalue weighted by Crippen LogP contribution is 2.53. The van der Waals surface area contributed by atoms with Gasteiger partial charge in [-0.25, -0.2) is 20.0 Å². The van der Waals surface area contributed by atoms with Gasteiger partial charge in [0.05, 0.1) is 31.5 Å². The number of Topliss-reactive ketones (excluding diaryl/α,β-unsaturated/α-hetero) is 1. The number of ether oxygens (including phenoxy) is 5. The van der Waals surface area contributed by atoms with Crippen molar-refractivity contribution in [2.45, 2.75) is 36.8 Å². The molecular formula is C42H36BrClN8O6. The molecular weight excluding hydrogens is 828 g/mol. The molecule has 2 spiro atoms. The van der Waals surface area contributed by atoms with Crippen LogP contribution in [0.5, 0.6) is 23.3 Å². The average molecular weight is 864 g/mol. The van der Waals surface area contributed by atoms with Crippen LogP contribution in [0.25, 0.3) is 5.57 Å². The van der Waals surface area contributed by atoms with E-state index in [9.17, 15) is 4.79 Å². The van der Waals surface area contributed by atoms with Gasteiger partial charge in [-0.15, -0.1) is 0 Å². The molecule has 6 N–H and O–H groups in total. The lowest BCUT2D eigenvalue weighted by Crippen LogP contribution is -2.39. The Hall–Kier alpha value is -6.03. The number of carbonyl (C=O) groups excluding carboxylic acids is 1. The van der Waals surface area contributed by atoms with Crippen molar-refractivity contribution in [2.24, 2.45) is 21.5 Å². The summed E-state index contributed by atoms with van der Waals surface area (Å²) in [5, 5.41) is 0.484. The molecule has 0 fully saturated rings. The van der Waals surface area contributed by atoms with Crippen molar-refractivity contribution in [1.82, 2.24) is 15.0 Å². The first kappa shape index (κ1) is 37.5. The molecule has 5 aliphatic rings. The minimum Gasteiger partial charge on any atom is -0.465 e. The van der Waals surface area contributed by atoms with E-state index in [0.29, 0.717) is 78.9 Å². The van der Waals surface area contributed by atoms with Gasteiger partial charge >= 0.3 is 0 Å². The fourth-order valence-corrected chi connectivity index (χ4v) is 8.36. The van der Waals surface area contributed by atoms with Crippen molar-refractivity contribution < 1.29 is 28.5 Å². The number of amidine groups is 2. The first-order valence-corrected chi connectivity index (χ1v) is 19.7. The van der Waals surface area contributed by atoms with Crippen LogP contribution in [0.1, 0.15) is 63.1 Å². The maximum atomic E-state index is 12.9. The molecule has 5 aliphatic heterocycles. The Kier molecular flexibility index (Phi) is 9.74. The number of hydrogen-bond donors (Lipinski definition) is 3. The molecule has 294 valence electrons. The van der Waals surface area contributed by atoms with Crippen LogP contribution in [0, 0.1) is 0 Å². The van der Waals surface area contributed by atoms with Crippen LogP contribution < -0.4 is 26.7 Å². The van der Waals surface area contributed by atoms with Crippen LogP contribution >= 0.6 is 27.5 Å². The quantitative estimate of drug-likeness (QED) is 0.124. The zero-order valence-electron chi connectivity index (χ0n) is 30.9. The molecule has 0 saturated heterocycles. The minimum atomic E-state index is -0.836. The van der Waals surface area contributed by atoms with E-state index in [4.69, 9.17) is 57.5 Å². The van der Waals surface area contributed by atoms with E-state index in [1.807, 2.05) is 42.6 Å². The van der Waals surface area contributed by atoms with Gasteiger partial charge in [-0.3, -0.25) is 9.78 Å². The molecule has 8 heterocycles. The van der Waals surface area contributed by atoms with Gasteiger partial charge in [-0.1, -0.05) is 23.7 Å². The first-order chi connectivity index (χ1) is 28.1. The van der Waals surface area contributed by atoms with E-state index < -0.39 is 11.1 Å². The van der Waals surface area contributed by atoms with E-state index in [1.54, 1.807) is 24.4 Å². The van der Waals surface area contributed by atoms with Crippen LogP contribution in [0.3, 0.4) is 0 Å². The molecule has 16 heteroatoms. The molecule has 0 aliphatic carbocycles. The van der Waals surface area contributed by atoms with Crippen LogP contribution in [-0.4, -0.2) is 59.2 Å². The average Bonchev–Trinajstić information content (AvgIpc) is 3.23. The summed E-state index contributed by atoms with van der Waals surface area (Å²) in [6.45, 7) is 2.12. The topological polar surface area (TPSA) is 205 Å². The number of ketones is 1. The van der Waals surface area contributed by atoms with Crippen LogP contribution in [-0.2, 0) is 31.7 Å². The predicted octanol–water partition coefficient (Wildman–Crippen LogP) is 6.95. The standard InChI is InChI=1S/C27H23ClN4O4.C15H13BrN4O2/c28-19-2-3-22(30-15-19)23(33)12-16-1-4-24-20(11-16)27(7-10-35-26(29)32-27)21-13-18(14-31-25(21)36-24)17-5-8-34-9-6-17;16-8-5-11-13(19-7-8)22-12-2-1-9(17)6-10(12)15(11)3-4-21-14(18)20-15/h1-5,11,13-15H,6-10,12H2,(H2,29,32);1-2,5-7H,3-4,17H2,(H2,18,20)/t27-;15-/m00/s1. The maximum Gasteiger partial charge on any atom is 0.283 e. The number of carbonyl (C=O) groups is 1. The lowest BCUT2D eigenvalue weighted by Gasteiger charge is -2.39. The van der Waals surface area contributed by atoms with Gasteiger partial charge in [0.25, 0.3) is 12.0 Å². The number of benzene rings is 2. The summed E-state index contributed by atoms with van der Waals surface area (Å²) in [6, 6.07) is 18.8. The number of nitrogens with two attached hydrogens (primary N) is 3. The van der Waals surface area contributed by atoms with Gasteiger partial charge in [0.1, 0.15) is 28.3 Å². The van der Waals surface area contributed by atoms with Gasteiger partial charge in [0.15, 0.2) is 5.78 Å². The Morgan fingerprint density at radius 3 is 2.07 bits per heavy atom. The molecule has 2 atom stereocenters. The second kappa shape index (κ2) is 15.0. The van der Waals surface area contributed by atoms with Crippen molar-refractivity contribution in [1.29, 1.82) is 0 Å². The Morgan fingerprint density at radius 1 is 0.741 bits per heavy atom. The zero-order chi connectivity index (χ0) is 40.0. The number of aliphatic imine (C=N–C) groups is 2. The number of halogens is 2. The van der Waals surface area contributed by atoms with Crippen LogP contribution in [0.2, 0.25) is 5.02 Å². The van der Waals surface area contributed by atoms with Gasteiger partial charge in [0.2, 0.25) is 11.8 Å². The number of rotatable bonds is 4. The molecule has 10 rings (SSSR count). The molecule has 0 saturated carbocycles. The fraction of sp³-hybridized carbons (Fsp3) is 0.238. The SMILES string of the molecule is NC1=N[C@@]2(CCO1)c1cc(CC(=O)c3ccc(Cl)cn3)ccc1Oc1ncc(C3=CCOCC3)cc12.NC1=N[C@@]2(CCO1)c1cc(N)ccc1Oc1ncc(Br)cc12. The largest absolute Gasteiger partial charge is 0.465 e. The van der Waals surface area contributed by atoms with Crippen LogP contribution in [0.4, 0.5) is 5.69 Å². The summed E-state index contributed by atoms with van der Waals surface area (Å²) in [6.07, 6.45) is 9.25. The molecule has 0 bridgehead atoms. The molecule has 14 nitrogen and oxygen atoms in total. The van der Waals surface area contributed by atoms with Gasteiger partial charge < -0.3 is 40.9 Å². The smallest absolute Gasteiger partial charge is 0.283 e. The third kappa shape index (κ3) is 6.88. The highest BCUT2D eigenvalue weighted by molar-refractivity contribution is 9.10. The number of aromatic nitrogens is 3. The lowest BCUT2D eigenvalue weighted by molar-refractivity contribution is 0.0988. The Labute approximate surface area is 346 Å². The van der Waals surface area contributed by atoms with Crippen molar-refractivity contribution in [3.63, 3.8) is 0 Å². The van der Waals surface area contributed by atoms with E-state index in [1.165, 1.54) is 11.8 Å². The second-order valence-electron chi connectivity index (χ2n) is 14.2. The van der Waals surface area contributed by atoms with Crippen molar-refractivity contribution in [2.75, 3.05) is 32.2 Å². The number of nitrogen functional groups attached to an aromatic ring is 1. The molecule has 0 unspecified atom stereocenters. The monoisotopic (exact) mass is 862 g/mol. The normalized spacial score (nSPS) is 21.0. The first-order valence-electron chi connectivity index (χ1n) is 18.5. The van der Waals surface area contributed by atoms with E-state index in [2.05, 4.69) is 48.0 Å². The third-order valence-electron chi connectivity index (χ3n) is 10.7. The van der Waals surface area contributed by atoms with Crippen LogP contribution in [0.15, 0.2) is 99.8 Å². The Bertz CT molecular complexity index is 2510.